The van der Waals surface area contributed by atoms with Crippen molar-refractivity contribution in [1.82, 2.24) is 4.90 Å². The van der Waals surface area contributed by atoms with Crippen LogP contribution in [-0.4, -0.2) is 43.7 Å². The standard InChI is InChI=1S/C19H31N3/c1-16-6-5-8-18(14-16)22-12-10-21(11-13-22)15-17-7-3-2-4-9-19(17)20/h5-6,8,14,17,19H,2-4,7,9-13,15,20H2,1H3. The molecule has 3 nitrogen and oxygen atoms in total. The van der Waals surface area contributed by atoms with Gasteiger partial charge in [0.1, 0.15) is 0 Å². The number of hydrogen-bond donors (Lipinski definition) is 1. The van der Waals surface area contributed by atoms with Crippen LogP contribution in [0.4, 0.5) is 5.69 Å². The predicted octanol–water partition coefficient (Wildman–Crippen LogP) is 3.02. The van der Waals surface area contributed by atoms with Gasteiger partial charge in [0, 0.05) is 44.5 Å². The molecule has 1 aliphatic carbocycles. The number of benzene rings is 1. The maximum absolute atomic E-state index is 6.39. The molecule has 3 rings (SSSR count). The van der Waals surface area contributed by atoms with Gasteiger partial charge in [0.2, 0.25) is 0 Å². The molecular formula is C19H31N3. The predicted molar refractivity (Wildman–Crippen MR) is 94.4 cm³/mol. The summed E-state index contributed by atoms with van der Waals surface area (Å²) < 4.78 is 0. The summed E-state index contributed by atoms with van der Waals surface area (Å²) >= 11 is 0. The lowest BCUT2D eigenvalue weighted by atomic mass is 9.94. The highest BCUT2D eigenvalue weighted by Crippen LogP contribution is 2.24. The van der Waals surface area contributed by atoms with Gasteiger partial charge in [0.05, 0.1) is 0 Å². The second kappa shape index (κ2) is 7.47. The monoisotopic (exact) mass is 301 g/mol. The number of anilines is 1. The Kier molecular flexibility index (Phi) is 5.37. The molecule has 0 spiro atoms. The van der Waals surface area contributed by atoms with Gasteiger partial charge in [-0.3, -0.25) is 4.90 Å². The summed E-state index contributed by atoms with van der Waals surface area (Å²) in [5, 5.41) is 0. The summed E-state index contributed by atoms with van der Waals surface area (Å²) in [6.45, 7) is 8.03. The molecule has 1 aromatic rings. The fourth-order valence-corrected chi connectivity index (χ4v) is 3.98. The van der Waals surface area contributed by atoms with Crippen LogP contribution >= 0.6 is 0 Å². The highest BCUT2D eigenvalue weighted by molar-refractivity contribution is 5.48. The first kappa shape index (κ1) is 15.8. The van der Waals surface area contributed by atoms with Crippen molar-refractivity contribution in [2.45, 2.75) is 45.1 Å². The average Bonchev–Trinajstić information content (AvgIpc) is 2.73. The van der Waals surface area contributed by atoms with Gasteiger partial charge in [-0.2, -0.15) is 0 Å². The zero-order chi connectivity index (χ0) is 15.4. The summed E-state index contributed by atoms with van der Waals surface area (Å²) in [4.78, 5) is 5.17. The Morgan fingerprint density at radius 3 is 2.59 bits per heavy atom. The summed E-state index contributed by atoms with van der Waals surface area (Å²) in [5.74, 6) is 0.716. The Balaban J connectivity index is 1.51. The molecule has 1 heterocycles. The minimum absolute atomic E-state index is 0.428. The fourth-order valence-electron chi connectivity index (χ4n) is 3.98. The minimum atomic E-state index is 0.428. The van der Waals surface area contributed by atoms with E-state index in [1.54, 1.807) is 0 Å². The SMILES string of the molecule is Cc1cccc(N2CCN(CC3CCCCCC3N)CC2)c1. The highest BCUT2D eigenvalue weighted by atomic mass is 15.3. The van der Waals surface area contributed by atoms with Crippen LogP contribution < -0.4 is 10.6 Å². The van der Waals surface area contributed by atoms with E-state index in [0.29, 0.717) is 12.0 Å². The third-order valence-electron chi connectivity index (χ3n) is 5.45. The lowest BCUT2D eigenvalue weighted by Crippen LogP contribution is -2.49. The first-order valence-electron chi connectivity index (χ1n) is 9.02. The van der Waals surface area contributed by atoms with Gasteiger partial charge in [0.25, 0.3) is 0 Å². The molecule has 22 heavy (non-hydrogen) atoms. The van der Waals surface area contributed by atoms with E-state index in [4.69, 9.17) is 5.73 Å². The Morgan fingerprint density at radius 1 is 1.05 bits per heavy atom. The van der Waals surface area contributed by atoms with Gasteiger partial charge < -0.3 is 10.6 Å². The number of hydrogen-bond acceptors (Lipinski definition) is 3. The molecule has 1 saturated heterocycles. The van der Waals surface area contributed by atoms with Crippen molar-refractivity contribution in [3.8, 4) is 0 Å². The minimum Gasteiger partial charge on any atom is -0.369 e. The van der Waals surface area contributed by atoms with Crippen LogP contribution in [0.5, 0.6) is 0 Å². The van der Waals surface area contributed by atoms with Crippen molar-refractivity contribution in [3.63, 3.8) is 0 Å². The summed E-state index contributed by atoms with van der Waals surface area (Å²) in [7, 11) is 0. The number of nitrogens with zero attached hydrogens (tertiary/aromatic N) is 2. The van der Waals surface area contributed by atoms with Gasteiger partial charge in [0.15, 0.2) is 0 Å². The quantitative estimate of drug-likeness (QED) is 0.871. The van der Waals surface area contributed by atoms with E-state index in [0.717, 1.165) is 13.1 Å². The smallest absolute Gasteiger partial charge is 0.0369 e. The normalized spacial score (nSPS) is 27.6. The number of rotatable bonds is 3. The molecule has 2 aliphatic rings. The Bertz CT molecular complexity index is 466. The zero-order valence-corrected chi connectivity index (χ0v) is 14.0. The molecule has 1 aromatic carbocycles. The Labute approximate surface area is 135 Å². The number of piperazine rings is 1. The van der Waals surface area contributed by atoms with E-state index in [-0.39, 0.29) is 0 Å². The molecule has 1 saturated carbocycles. The largest absolute Gasteiger partial charge is 0.369 e. The maximum atomic E-state index is 6.39. The van der Waals surface area contributed by atoms with Crippen molar-refractivity contribution in [1.29, 1.82) is 0 Å². The van der Waals surface area contributed by atoms with Crippen LogP contribution in [0.15, 0.2) is 24.3 Å². The third kappa shape index (κ3) is 4.02. The van der Waals surface area contributed by atoms with Crippen molar-refractivity contribution >= 4 is 5.69 Å². The van der Waals surface area contributed by atoms with Crippen molar-refractivity contribution in [3.05, 3.63) is 29.8 Å². The first-order chi connectivity index (χ1) is 10.7. The summed E-state index contributed by atoms with van der Waals surface area (Å²) in [5.41, 5.74) is 9.13. The lowest BCUT2D eigenvalue weighted by Gasteiger charge is -2.38. The topological polar surface area (TPSA) is 32.5 Å². The van der Waals surface area contributed by atoms with Crippen molar-refractivity contribution < 1.29 is 0 Å². The highest BCUT2D eigenvalue weighted by Gasteiger charge is 2.25. The van der Waals surface area contributed by atoms with E-state index in [9.17, 15) is 0 Å². The Morgan fingerprint density at radius 2 is 1.82 bits per heavy atom. The summed E-state index contributed by atoms with van der Waals surface area (Å²) in [6.07, 6.45) is 6.65. The van der Waals surface area contributed by atoms with Gasteiger partial charge in [-0.15, -0.1) is 0 Å². The van der Waals surface area contributed by atoms with Crippen molar-refractivity contribution in [2.24, 2.45) is 11.7 Å². The van der Waals surface area contributed by atoms with E-state index in [1.807, 2.05) is 0 Å². The van der Waals surface area contributed by atoms with E-state index in [1.165, 1.54) is 63.0 Å². The van der Waals surface area contributed by atoms with Crippen LogP contribution in [0.25, 0.3) is 0 Å². The zero-order valence-electron chi connectivity index (χ0n) is 14.0. The first-order valence-corrected chi connectivity index (χ1v) is 9.02. The molecule has 0 aromatic heterocycles. The number of nitrogens with two attached hydrogens (primary N) is 1. The second-order valence-corrected chi connectivity index (χ2v) is 7.19. The Hall–Kier alpha value is -1.06. The average molecular weight is 301 g/mol. The van der Waals surface area contributed by atoms with Gasteiger partial charge >= 0.3 is 0 Å². The second-order valence-electron chi connectivity index (χ2n) is 7.19. The molecule has 2 fully saturated rings. The van der Waals surface area contributed by atoms with Crippen LogP contribution in [0.1, 0.15) is 37.7 Å². The summed E-state index contributed by atoms with van der Waals surface area (Å²) in [6, 6.07) is 9.31. The lowest BCUT2D eigenvalue weighted by molar-refractivity contribution is 0.197. The van der Waals surface area contributed by atoms with E-state index < -0.39 is 0 Å². The fraction of sp³-hybridized carbons (Fsp3) is 0.684. The van der Waals surface area contributed by atoms with Crippen LogP contribution in [-0.2, 0) is 0 Å². The molecular weight excluding hydrogens is 270 g/mol. The molecule has 0 bridgehead atoms. The molecule has 0 amide bonds. The molecule has 2 N–H and O–H groups in total. The van der Waals surface area contributed by atoms with Crippen LogP contribution in [0.3, 0.4) is 0 Å². The molecule has 122 valence electrons. The van der Waals surface area contributed by atoms with Gasteiger partial charge in [-0.25, -0.2) is 0 Å². The van der Waals surface area contributed by atoms with Gasteiger partial charge in [-0.05, 0) is 43.4 Å². The molecule has 2 unspecified atom stereocenters. The molecule has 0 radical (unpaired) electrons. The maximum Gasteiger partial charge on any atom is 0.0369 e. The molecule has 3 heteroatoms. The number of aryl methyl sites for hydroxylation is 1. The van der Waals surface area contributed by atoms with Crippen LogP contribution in [0.2, 0.25) is 0 Å². The molecule has 1 aliphatic heterocycles. The van der Waals surface area contributed by atoms with E-state index in [2.05, 4.69) is 41.0 Å². The van der Waals surface area contributed by atoms with Gasteiger partial charge in [-0.1, -0.05) is 31.4 Å². The van der Waals surface area contributed by atoms with Crippen LogP contribution in [0, 0.1) is 12.8 Å². The molecule has 2 atom stereocenters. The van der Waals surface area contributed by atoms with E-state index >= 15 is 0 Å². The van der Waals surface area contributed by atoms with Crippen molar-refractivity contribution in [2.75, 3.05) is 37.6 Å². The third-order valence-corrected chi connectivity index (χ3v) is 5.45.